The number of ether oxygens (including phenoxy) is 2. The fourth-order valence-corrected chi connectivity index (χ4v) is 3.11. The van der Waals surface area contributed by atoms with Crippen LogP contribution in [0.3, 0.4) is 0 Å². The lowest BCUT2D eigenvalue weighted by atomic mass is 10.1. The molecule has 2 amide bonds. The number of aromatic nitrogens is 1. The maximum absolute atomic E-state index is 12.3. The number of imide groups is 1. The highest BCUT2D eigenvalue weighted by atomic mass is 16.5. The number of benzene rings is 1. The molecular weight excluding hydrogens is 398 g/mol. The molecule has 2 rings (SSSR count). The molecule has 0 radical (unpaired) electrons. The maximum atomic E-state index is 12.3. The number of methoxy groups -OCH3 is 1. The number of hydrogen-bond donors (Lipinski definition) is 1. The fraction of sp³-hybridized carbons (Fsp3) is 0.304. The number of hydrogen-bond acceptors (Lipinski definition) is 6. The number of nitriles is 1. The Morgan fingerprint density at radius 3 is 2.58 bits per heavy atom. The van der Waals surface area contributed by atoms with Crippen molar-refractivity contribution in [2.75, 3.05) is 13.7 Å². The highest BCUT2D eigenvalue weighted by Gasteiger charge is 2.18. The summed E-state index contributed by atoms with van der Waals surface area (Å²) in [5.41, 5.74) is 2.62. The minimum Gasteiger partial charge on any atom is -0.496 e. The molecule has 0 fully saturated rings. The Morgan fingerprint density at radius 2 is 1.94 bits per heavy atom. The van der Waals surface area contributed by atoms with Crippen LogP contribution in [0, 0.1) is 25.2 Å². The molecule has 1 aromatic heterocycles. The van der Waals surface area contributed by atoms with Crippen molar-refractivity contribution in [2.24, 2.45) is 0 Å². The van der Waals surface area contributed by atoms with Crippen molar-refractivity contribution in [2.45, 2.75) is 33.7 Å². The molecule has 0 spiro atoms. The van der Waals surface area contributed by atoms with Crippen molar-refractivity contribution in [3.8, 4) is 11.8 Å². The summed E-state index contributed by atoms with van der Waals surface area (Å²) in [6.45, 7) is 6.06. The number of para-hydroxylation sites is 1. The Kier molecular flexibility index (Phi) is 8.15. The first-order chi connectivity index (χ1) is 14.8. The van der Waals surface area contributed by atoms with E-state index in [1.54, 1.807) is 24.3 Å². The third-order valence-corrected chi connectivity index (χ3v) is 4.64. The molecule has 0 aliphatic heterocycles. The van der Waals surface area contributed by atoms with Gasteiger partial charge >= 0.3 is 5.97 Å². The van der Waals surface area contributed by atoms with Crippen molar-refractivity contribution in [3.05, 3.63) is 58.4 Å². The second kappa shape index (κ2) is 10.8. The molecule has 0 saturated carbocycles. The predicted molar refractivity (Wildman–Crippen MR) is 114 cm³/mol. The van der Waals surface area contributed by atoms with Crippen LogP contribution in [0.5, 0.6) is 5.75 Å². The van der Waals surface area contributed by atoms with Crippen LogP contribution in [0.4, 0.5) is 0 Å². The molecule has 0 saturated heterocycles. The average Bonchev–Trinajstić information content (AvgIpc) is 3.03. The molecule has 162 valence electrons. The first kappa shape index (κ1) is 23.4. The summed E-state index contributed by atoms with van der Waals surface area (Å²) in [6, 6.07) is 10.1. The maximum Gasteiger partial charge on any atom is 0.349 e. The van der Waals surface area contributed by atoms with Gasteiger partial charge in [-0.15, -0.1) is 0 Å². The molecule has 8 heteroatoms. The van der Waals surface area contributed by atoms with Crippen LogP contribution in [0.25, 0.3) is 6.08 Å². The van der Waals surface area contributed by atoms with Crippen LogP contribution in [0.2, 0.25) is 0 Å². The first-order valence-electron chi connectivity index (χ1n) is 9.75. The van der Waals surface area contributed by atoms with Gasteiger partial charge in [0.1, 0.15) is 17.4 Å². The van der Waals surface area contributed by atoms with E-state index in [1.165, 1.54) is 19.3 Å². The van der Waals surface area contributed by atoms with Gasteiger partial charge in [0.2, 0.25) is 0 Å². The summed E-state index contributed by atoms with van der Waals surface area (Å²) < 4.78 is 12.1. The summed E-state index contributed by atoms with van der Waals surface area (Å²) >= 11 is 0. The van der Waals surface area contributed by atoms with Crippen LogP contribution in [0.15, 0.2) is 35.9 Å². The number of amides is 2. The van der Waals surface area contributed by atoms with Crippen molar-refractivity contribution in [3.63, 3.8) is 0 Å². The average molecular weight is 423 g/mol. The fourth-order valence-electron chi connectivity index (χ4n) is 3.11. The number of carbonyl (C=O) groups excluding carboxylic acids is 3. The Morgan fingerprint density at radius 1 is 1.23 bits per heavy atom. The third-order valence-electron chi connectivity index (χ3n) is 4.64. The van der Waals surface area contributed by atoms with Gasteiger partial charge < -0.3 is 14.0 Å². The van der Waals surface area contributed by atoms with Crippen LogP contribution >= 0.6 is 0 Å². The SMILES string of the molecule is CCCn1c(C)cc(/C=C(\C#N)C(=O)OCC(=O)NC(=O)c2ccccc2OC)c1C. The highest BCUT2D eigenvalue weighted by molar-refractivity contribution is 6.07. The van der Waals surface area contributed by atoms with E-state index in [9.17, 15) is 19.6 Å². The molecule has 0 atom stereocenters. The zero-order valence-corrected chi connectivity index (χ0v) is 18.0. The number of rotatable bonds is 8. The number of nitrogens with one attached hydrogen (secondary N) is 1. The summed E-state index contributed by atoms with van der Waals surface area (Å²) in [4.78, 5) is 36.5. The number of esters is 1. The van der Waals surface area contributed by atoms with Crippen molar-refractivity contribution in [1.82, 2.24) is 9.88 Å². The smallest absolute Gasteiger partial charge is 0.349 e. The van der Waals surface area contributed by atoms with Gasteiger partial charge in [0.05, 0.1) is 12.7 Å². The van der Waals surface area contributed by atoms with Crippen molar-refractivity contribution < 1.29 is 23.9 Å². The first-order valence-corrected chi connectivity index (χ1v) is 9.75. The van der Waals surface area contributed by atoms with Crippen molar-refractivity contribution in [1.29, 1.82) is 5.26 Å². The van der Waals surface area contributed by atoms with E-state index >= 15 is 0 Å². The van der Waals surface area contributed by atoms with Crippen molar-refractivity contribution >= 4 is 23.9 Å². The van der Waals surface area contributed by atoms with Gasteiger partial charge in [-0.25, -0.2) is 4.79 Å². The van der Waals surface area contributed by atoms with Gasteiger partial charge in [-0.05, 0) is 50.1 Å². The second-order valence-electron chi connectivity index (χ2n) is 6.80. The van der Waals surface area contributed by atoms with Crippen LogP contribution in [-0.2, 0) is 20.9 Å². The van der Waals surface area contributed by atoms with E-state index in [2.05, 4.69) is 16.8 Å². The van der Waals surface area contributed by atoms with Gasteiger partial charge in [0.25, 0.3) is 11.8 Å². The van der Waals surface area contributed by atoms with Crippen LogP contribution in [-0.4, -0.2) is 36.1 Å². The van der Waals surface area contributed by atoms with E-state index in [-0.39, 0.29) is 11.1 Å². The molecule has 1 heterocycles. The predicted octanol–water partition coefficient (Wildman–Crippen LogP) is 2.93. The second-order valence-corrected chi connectivity index (χ2v) is 6.80. The van der Waals surface area contributed by atoms with Gasteiger partial charge in [0, 0.05) is 17.9 Å². The largest absolute Gasteiger partial charge is 0.496 e. The summed E-state index contributed by atoms with van der Waals surface area (Å²) in [7, 11) is 1.41. The number of aryl methyl sites for hydroxylation is 1. The van der Waals surface area contributed by atoms with Gasteiger partial charge in [-0.2, -0.15) is 5.26 Å². The van der Waals surface area contributed by atoms with E-state index in [4.69, 9.17) is 9.47 Å². The highest BCUT2D eigenvalue weighted by Crippen LogP contribution is 2.19. The minimum absolute atomic E-state index is 0.171. The molecule has 0 aliphatic carbocycles. The van der Waals surface area contributed by atoms with E-state index in [0.29, 0.717) is 5.75 Å². The minimum atomic E-state index is -0.942. The lowest BCUT2D eigenvalue weighted by Crippen LogP contribution is -2.34. The summed E-state index contributed by atoms with van der Waals surface area (Å²) in [5, 5.41) is 11.5. The number of nitrogens with zero attached hydrogens (tertiary/aromatic N) is 2. The van der Waals surface area contributed by atoms with Gasteiger partial charge in [-0.1, -0.05) is 19.1 Å². The van der Waals surface area contributed by atoms with E-state index in [0.717, 1.165) is 29.9 Å². The zero-order chi connectivity index (χ0) is 23.0. The lowest BCUT2D eigenvalue weighted by Gasteiger charge is -2.08. The molecule has 8 nitrogen and oxygen atoms in total. The Balaban J connectivity index is 2.03. The topological polar surface area (TPSA) is 110 Å². The Bertz CT molecular complexity index is 1060. The molecule has 31 heavy (non-hydrogen) atoms. The zero-order valence-electron chi connectivity index (χ0n) is 18.0. The quantitative estimate of drug-likeness (QED) is 0.397. The van der Waals surface area contributed by atoms with E-state index in [1.807, 2.05) is 19.9 Å². The standard InChI is InChI=1S/C23H25N3O5/c1-5-10-26-15(2)11-17(16(26)3)12-18(13-24)23(29)31-14-21(27)25-22(28)19-8-6-7-9-20(19)30-4/h6-9,11-12H,5,10,14H2,1-4H3,(H,25,27,28)/b18-12+. The van der Waals surface area contributed by atoms with Gasteiger partial charge in [-0.3, -0.25) is 14.9 Å². The molecule has 2 aromatic rings. The molecule has 0 bridgehead atoms. The van der Waals surface area contributed by atoms with Crippen LogP contribution < -0.4 is 10.1 Å². The molecule has 1 aromatic carbocycles. The summed E-state index contributed by atoms with van der Waals surface area (Å²) in [5.74, 6) is -2.14. The molecule has 0 unspecified atom stereocenters. The molecule has 0 aliphatic rings. The Hall–Kier alpha value is -3.86. The molecule has 1 N–H and O–H groups in total. The lowest BCUT2D eigenvalue weighted by molar-refractivity contribution is -0.144. The Labute approximate surface area is 181 Å². The molecular formula is C23H25N3O5. The normalized spacial score (nSPS) is 10.9. The van der Waals surface area contributed by atoms with Crippen LogP contribution in [0.1, 0.15) is 40.7 Å². The summed E-state index contributed by atoms with van der Waals surface area (Å²) in [6.07, 6.45) is 2.39. The number of carbonyl (C=O) groups is 3. The third kappa shape index (κ3) is 5.82. The van der Waals surface area contributed by atoms with E-state index < -0.39 is 24.4 Å². The monoisotopic (exact) mass is 423 g/mol. The van der Waals surface area contributed by atoms with Gasteiger partial charge in [0.15, 0.2) is 6.61 Å².